The van der Waals surface area contributed by atoms with Crippen LogP contribution in [0.1, 0.15) is 15.9 Å². The third-order valence-corrected chi connectivity index (χ3v) is 1.85. The Hall–Kier alpha value is -2.18. The summed E-state index contributed by atoms with van der Waals surface area (Å²) in [6.07, 6.45) is 1.25. The second-order valence-corrected chi connectivity index (χ2v) is 2.84. The topological polar surface area (TPSA) is 54.4 Å². The van der Waals surface area contributed by atoms with Gasteiger partial charge in [-0.05, 0) is 12.2 Å². The summed E-state index contributed by atoms with van der Waals surface area (Å²) in [5.41, 5.74) is -2.87. The molecule has 0 aliphatic heterocycles. The molecule has 0 aliphatic rings. The van der Waals surface area contributed by atoms with Crippen molar-refractivity contribution < 1.29 is 32.3 Å². The molecule has 0 heterocycles. The van der Waals surface area contributed by atoms with Crippen molar-refractivity contribution >= 4 is 18.3 Å². The lowest BCUT2D eigenvalue weighted by molar-refractivity contribution is -0.104. The number of carbonyl (C=O) groups excluding carboxylic acids is 1. The molecule has 1 aromatic carbocycles. The van der Waals surface area contributed by atoms with Gasteiger partial charge in [-0.25, -0.2) is 22.4 Å². The van der Waals surface area contributed by atoms with Crippen molar-refractivity contribution in [3.63, 3.8) is 0 Å². The Morgan fingerprint density at radius 1 is 1.00 bits per heavy atom. The number of allylic oxidation sites excluding steroid dienone is 1. The number of aldehydes is 1. The fourth-order valence-electron chi connectivity index (χ4n) is 1.12. The van der Waals surface area contributed by atoms with Crippen molar-refractivity contribution in [2.45, 2.75) is 0 Å². The molecular weight excluding hydrogens is 244 g/mol. The molecule has 1 aromatic rings. The number of hydrogen-bond donors (Lipinski definition) is 1. The number of aromatic carboxylic acids is 1. The molecule has 90 valence electrons. The second kappa shape index (κ2) is 4.77. The number of carboxylic acids is 1. The van der Waals surface area contributed by atoms with Crippen molar-refractivity contribution in [1.82, 2.24) is 0 Å². The summed E-state index contributed by atoms with van der Waals surface area (Å²) in [4.78, 5) is 20.3. The summed E-state index contributed by atoms with van der Waals surface area (Å²) in [6, 6.07) is 0. The average Bonchev–Trinajstić information content (AvgIpc) is 2.26. The van der Waals surface area contributed by atoms with Gasteiger partial charge in [-0.15, -0.1) is 0 Å². The van der Waals surface area contributed by atoms with Crippen LogP contribution < -0.4 is 0 Å². The molecule has 1 N–H and O–H groups in total. The van der Waals surface area contributed by atoms with E-state index >= 15 is 0 Å². The lowest BCUT2D eigenvalue weighted by atomic mass is 10.1. The zero-order chi connectivity index (χ0) is 13.2. The van der Waals surface area contributed by atoms with E-state index in [0.29, 0.717) is 12.2 Å². The molecule has 0 amide bonds. The quantitative estimate of drug-likeness (QED) is 0.386. The highest BCUT2D eigenvalue weighted by Crippen LogP contribution is 2.25. The van der Waals surface area contributed by atoms with E-state index in [1.165, 1.54) is 0 Å². The van der Waals surface area contributed by atoms with E-state index in [4.69, 9.17) is 5.11 Å². The van der Waals surface area contributed by atoms with E-state index in [1.807, 2.05) is 0 Å². The Morgan fingerprint density at radius 3 is 1.82 bits per heavy atom. The van der Waals surface area contributed by atoms with Crippen LogP contribution >= 0.6 is 0 Å². The lowest BCUT2D eigenvalue weighted by Gasteiger charge is -2.06. The molecule has 0 atom stereocenters. The Bertz CT molecular complexity index is 494. The molecule has 0 bridgehead atoms. The lowest BCUT2D eigenvalue weighted by Crippen LogP contribution is -2.11. The van der Waals surface area contributed by atoms with Gasteiger partial charge in [0.1, 0.15) is 11.8 Å². The van der Waals surface area contributed by atoms with Crippen LogP contribution in [0.15, 0.2) is 6.08 Å². The van der Waals surface area contributed by atoms with Gasteiger partial charge in [0.2, 0.25) is 0 Å². The molecule has 7 heteroatoms. The van der Waals surface area contributed by atoms with Crippen LogP contribution in [0, 0.1) is 23.3 Å². The van der Waals surface area contributed by atoms with Crippen molar-refractivity contribution in [3.8, 4) is 0 Å². The highest BCUT2D eigenvalue weighted by atomic mass is 19.2. The number of carboxylic acid groups (broad SMARTS) is 1. The maximum Gasteiger partial charge on any atom is 0.341 e. The molecule has 3 nitrogen and oxygen atoms in total. The minimum atomic E-state index is -2.14. The monoisotopic (exact) mass is 248 g/mol. The SMILES string of the molecule is O=CC=Cc1c(F)c(F)c(C(=O)O)c(F)c1F. The van der Waals surface area contributed by atoms with Gasteiger partial charge in [0.25, 0.3) is 0 Å². The first kappa shape index (κ1) is 12.9. The maximum atomic E-state index is 13.2. The Balaban J connectivity index is 3.63. The van der Waals surface area contributed by atoms with Crippen LogP contribution in [0.4, 0.5) is 17.6 Å². The summed E-state index contributed by atoms with van der Waals surface area (Å²) in [5.74, 6) is -9.94. The van der Waals surface area contributed by atoms with E-state index in [2.05, 4.69) is 0 Å². The molecular formula is C10H4F4O3. The third kappa shape index (κ3) is 2.17. The van der Waals surface area contributed by atoms with Crippen LogP contribution in [0.3, 0.4) is 0 Å². The van der Waals surface area contributed by atoms with Gasteiger partial charge in [0.05, 0.1) is 5.56 Å². The predicted molar refractivity (Wildman–Crippen MR) is 48.3 cm³/mol. The molecule has 0 saturated heterocycles. The molecule has 1 rings (SSSR count). The summed E-state index contributed by atoms with van der Waals surface area (Å²) in [6.45, 7) is 0. The fourth-order valence-corrected chi connectivity index (χ4v) is 1.12. The van der Waals surface area contributed by atoms with Gasteiger partial charge in [-0.1, -0.05) is 0 Å². The minimum Gasteiger partial charge on any atom is -0.477 e. The summed E-state index contributed by atoms with van der Waals surface area (Å²) < 4.78 is 52.5. The number of hydrogen-bond acceptors (Lipinski definition) is 2. The van der Waals surface area contributed by atoms with Gasteiger partial charge in [-0.3, -0.25) is 4.79 Å². The number of rotatable bonds is 3. The van der Waals surface area contributed by atoms with Crippen LogP contribution in [0.5, 0.6) is 0 Å². The van der Waals surface area contributed by atoms with E-state index in [9.17, 15) is 27.2 Å². The molecule has 0 radical (unpaired) electrons. The number of benzene rings is 1. The van der Waals surface area contributed by atoms with Gasteiger partial charge >= 0.3 is 5.97 Å². The van der Waals surface area contributed by atoms with E-state index in [1.54, 1.807) is 0 Å². The number of carbonyl (C=O) groups is 2. The van der Waals surface area contributed by atoms with Crippen LogP contribution in [0.2, 0.25) is 0 Å². The normalized spacial score (nSPS) is 10.8. The fraction of sp³-hybridized carbons (Fsp3) is 0. The molecule has 0 aliphatic carbocycles. The van der Waals surface area contributed by atoms with E-state index in [0.717, 1.165) is 0 Å². The summed E-state index contributed by atoms with van der Waals surface area (Å²) >= 11 is 0. The molecule has 0 aromatic heterocycles. The molecule has 17 heavy (non-hydrogen) atoms. The van der Waals surface area contributed by atoms with Gasteiger partial charge in [-0.2, -0.15) is 0 Å². The first-order valence-electron chi connectivity index (χ1n) is 4.12. The Labute approximate surface area is 92.0 Å². The van der Waals surface area contributed by atoms with E-state index < -0.39 is 40.4 Å². The Morgan fingerprint density at radius 2 is 1.47 bits per heavy atom. The molecule has 0 saturated carbocycles. The maximum absolute atomic E-state index is 13.2. The number of halogens is 4. The highest BCUT2D eigenvalue weighted by molar-refractivity contribution is 5.89. The van der Waals surface area contributed by atoms with Crippen LogP contribution in [-0.4, -0.2) is 17.4 Å². The van der Waals surface area contributed by atoms with Gasteiger partial charge < -0.3 is 5.11 Å². The third-order valence-electron chi connectivity index (χ3n) is 1.85. The molecule has 0 spiro atoms. The second-order valence-electron chi connectivity index (χ2n) is 2.84. The van der Waals surface area contributed by atoms with Crippen molar-refractivity contribution in [3.05, 3.63) is 40.5 Å². The average molecular weight is 248 g/mol. The van der Waals surface area contributed by atoms with Crippen molar-refractivity contribution in [1.29, 1.82) is 0 Å². The van der Waals surface area contributed by atoms with Crippen LogP contribution in [0.25, 0.3) is 6.08 Å². The molecule has 0 unspecified atom stereocenters. The summed E-state index contributed by atoms with van der Waals surface area (Å²) in [7, 11) is 0. The predicted octanol–water partition coefficient (Wildman–Crippen LogP) is 2.15. The van der Waals surface area contributed by atoms with Gasteiger partial charge in [0.15, 0.2) is 23.3 Å². The summed E-state index contributed by atoms with van der Waals surface area (Å²) in [5, 5.41) is 8.37. The van der Waals surface area contributed by atoms with Crippen LogP contribution in [-0.2, 0) is 4.79 Å². The standard InChI is InChI=1S/C10H4F4O3/c11-6-4(2-1-3-15)7(12)9(14)5(8(6)13)10(16)17/h1-3H,(H,16,17). The highest BCUT2D eigenvalue weighted by Gasteiger charge is 2.27. The zero-order valence-electron chi connectivity index (χ0n) is 8.01. The van der Waals surface area contributed by atoms with Crippen molar-refractivity contribution in [2.24, 2.45) is 0 Å². The van der Waals surface area contributed by atoms with E-state index in [-0.39, 0.29) is 6.29 Å². The Kier molecular flexibility index (Phi) is 3.62. The molecule has 0 fully saturated rings. The first-order chi connectivity index (χ1) is 7.91. The van der Waals surface area contributed by atoms with Gasteiger partial charge in [0, 0.05) is 0 Å². The first-order valence-corrected chi connectivity index (χ1v) is 4.12. The smallest absolute Gasteiger partial charge is 0.341 e. The largest absolute Gasteiger partial charge is 0.477 e. The minimum absolute atomic E-state index is 0.139. The zero-order valence-corrected chi connectivity index (χ0v) is 8.01. The van der Waals surface area contributed by atoms with Crippen molar-refractivity contribution in [2.75, 3.05) is 0 Å².